The lowest BCUT2D eigenvalue weighted by Gasteiger charge is -2.29. The van der Waals surface area contributed by atoms with Crippen LogP contribution < -0.4 is 5.73 Å². The van der Waals surface area contributed by atoms with Crippen molar-refractivity contribution in [2.24, 2.45) is 11.7 Å². The number of nitrogens with two attached hydrogens (primary N) is 1. The summed E-state index contributed by atoms with van der Waals surface area (Å²) in [5.74, 6) is 0.601. The zero-order valence-electron chi connectivity index (χ0n) is 11.2. The van der Waals surface area contributed by atoms with E-state index < -0.39 is 5.54 Å². The van der Waals surface area contributed by atoms with Gasteiger partial charge in [0.25, 0.3) is 0 Å². The Kier molecular flexibility index (Phi) is 5.42. The van der Waals surface area contributed by atoms with Crippen molar-refractivity contribution >= 4 is 34.2 Å². The molecule has 2 atom stereocenters. The van der Waals surface area contributed by atoms with Gasteiger partial charge in [0.05, 0.1) is 0 Å². The largest absolute Gasteiger partial charge is 0.341 e. The Labute approximate surface area is 129 Å². The van der Waals surface area contributed by atoms with E-state index in [0.717, 1.165) is 29.5 Å². The standard InChI is InChI=1S/C14H19BrN2O.ClH/c1-10-7-8-17(9-10)13(18)14(2,16)11-3-5-12(15)6-4-11;/h3-6,10H,7-9,16H2,1-2H3;1H. The van der Waals surface area contributed by atoms with Gasteiger partial charge in [-0.05, 0) is 37.0 Å². The molecule has 2 rings (SSSR count). The minimum absolute atomic E-state index is 0. The third kappa shape index (κ3) is 3.50. The van der Waals surface area contributed by atoms with Crippen LogP contribution in [-0.2, 0) is 10.3 Å². The molecule has 19 heavy (non-hydrogen) atoms. The van der Waals surface area contributed by atoms with Gasteiger partial charge in [-0.15, -0.1) is 12.4 Å². The first-order valence-electron chi connectivity index (χ1n) is 6.25. The minimum atomic E-state index is -0.940. The van der Waals surface area contributed by atoms with Crippen LogP contribution in [0, 0.1) is 5.92 Å². The zero-order valence-corrected chi connectivity index (χ0v) is 13.6. The van der Waals surface area contributed by atoms with Gasteiger partial charge in [-0.1, -0.05) is 35.0 Å². The van der Waals surface area contributed by atoms with Gasteiger partial charge < -0.3 is 10.6 Å². The second-order valence-corrected chi connectivity index (χ2v) is 6.27. The number of carbonyl (C=O) groups is 1. The number of benzene rings is 1. The Morgan fingerprint density at radius 3 is 2.47 bits per heavy atom. The molecule has 0 radical (unpaired) electrons. The van der Waals surface area contributed by atoms with E-state index in [0.29, 0.717) is 5.92 Å². The quantitative estimate of drug-likeness (QED) is 0.894. The molecule has 106 valence electrons. The van der Waals surface area contributed by atoms with Crippen LogP contribution in [0.15, 0.2) is 28.7 Å². The smallest absolute Gasteiger partial charge is 0.246 e. The number of rotatable bonds is 2. The SMILES string of the molecule is CC1CCN(C(=O)C(C)(N)c2ccc(Br)cc2)C1.Cl. The number of likely N-dealkylation sites (tertiary alicyclic amines) is 1. The van der Waals surface area contributed by atoms with Crippen molar-refractivity contribution in [2.75, 3.05) is 13.1 Å². The molecule has 1 amide bonds. The Balaban J connectivity index is 0.00000180. The van der Waals surface area contributed by atoms with Crippen molar-refractivity contribution in [1.29, 1.82) is 0 Å². The molecule has 1 aliphatic heterocycles. The van der Waals surface area contributed by atoms with E-state index >= 15 is 0 Å². The molecule has 3 nitrogen and oxygen atoms in total. The van der Waals surface area contributed by atoms with Crippen LogP contribution in [0.3, 0.4) is 0 Å². The number of hydrogen-bond donors (Lipinski definition) is 1. The number of halogens is 2. The van der Waals surface area contributed by atoms with Gasteiger partial charge >= 0.3 is 0 Å². The van der Waals surface area contributed by atoms with E-state index in [1.54, 1.807) is 6.92 Å². The molecule has 1 saturated heterocycles. The Morgan fingerprint density at radius 2 is 2.00 bits per heavy atom. The summed E-state index contributed by atoms with van der Waals surface area (Å²) < 4.78 is 0.990. The van der Waals surface area contributed by atoms with Gasteiger partial charge in [-0.25, -0.2) is 0 Å². The van der Waals surface area contributed by atoms with Crippen LogP contribution in [-0.4, -0.2) is 23.9 Å². The fourth-order valence-electron chi connectivity index (χ4n) is 2.37. The fourth-order valence-corrected chi connectivity index (χ4v) is 2.63. The summed E-state index contributed by atoms with van der Waals surface area (Å²) in [6.45, 7) is 5.60. The summed E-state index contributed by atoms with van der Waals surface area (Å²) in [7, 11) is 0. The lowest BCUT2D eigenvalue weighted by atomic mass is 9.92. The highest BCUT2D eigenvalue weighted by molar-refractivity contribution is 9.10. The first-order valence-corrected chi connectivity index (χ1v) is 7.05. The van der Waals surface area contributed by atoms with Crippen molar-refractivity contribution in [3.63, 3.8) is 0 Å². The number of nitrogens with zero attached hydrogens (tertiary/aromatic N) is 1. The van der Waals surface area contributed by atoms with Gasteiger partial charge in [0, 0.05) is 17.6 Å². The number of hydrogen-bond acceptors (Lipinski definition) is 2. The monoisotopic (exact) mass is 346 g/mol. The van der Waals surface area contributed by atoms with Gasteiger partial charge in [-0.3, -0.25) is 4.79 Å². The highest BCUT2D eigenvalue weighted by atomic mass is 79.9. The first kappa shape index (κ1) is 16.5. The molecule has 1 fully saturated rings. The molecule has 0 aromatic heterocycles. The van der Waals surface area contributed by atoms with Gasteiger partial charge in [0.2, 0.25) is 5.91 Å². The highest BCUT2D eigenvalue weighted by Gasteiger charge is 2.36. The number of carbonyl (C=O) groups excluding carboxylic acids is 1. The summed E-state index contributed by atoms with van der Waals surface area (Å²) in [5.41, 5.74) is 6.17. The molecule has 2 unspecified atom stereocenters. The van der Waals surface area contributed by atoms with Gasteiger partial charge in [0.1, 0.15) is 5.54 Å². The van der Waals surface area contributed by atoms with Crippen LogP contribution in [0.1, 0.15) is 25.8 Å². The minimum Gasteiger partial charge on any atom is -0.341 e. The summed E-state index contributed by atoms with van der Waals surface area (Å²) in [4.78, 5) is 14.4. The van der Waals surface area contributed by atoms with Crippen LogP contribution >= 0.6 is 28.3 Å². The van der Waals surface area contributed by atoms with E-state index in [4.69, 9.17) is 5.73 Å². The topological polar surface area (TPSA) is 46.3 Å². The van der Waals surface area contributed by atoms with Crippen molar-refractivity contribution < 1.29 is 4.79 Å². The lowest BCUT2D eigenvalue weighted by Crippen LogP contribution is -2.50. The molecule has 1 aromatic rings. The van der Waals surface area contributed by atoms with E-state index in [1.165, 1.54) is 0 Å². The second-order valence-electron chi connectivity index (χ2n) is 5.35. The summed E-state index contributed by atoms with van der Waals surface area (Å²) >= 11 is 3.39. The molecule has 0 aliphatic carbocycles. The Bertz CT molecular complexity index is 447. The third-order valence-electron chi connectivity index (χ3n) is 3.60. The predicted octanol–water partition coefficient (Wildman–Crippen LogP) is 2.91. The maximum Gasteiger partial charge on any atom is 0.246 e. The molecule has 1 heterocycles. The Morgan fingerprint density at radius 1 is 1.42 bits per heavy atom. The molecule has 5 heteroatoms. The normalized spacial score (nSPS) is 21.7. The molecule has 0 spiro atoms. The fraction of sp³-hybridized carbons (Fsp3) is 0.500. The second kappa shape index (κ2) is 6.25. The first-order chi connectivity index (χ1) is 8.41. The van der Waals surface area contributed by atoms with E-state index in [1.807, 2.05) is 29.2 Å². The maximum absolute atomic E-state index is 12.5. The Hall–Kier alpha value is -0.580. The summed E-state index contributed by atoms with van der Waals surface area (Å²) in [6, 6.07) is 7.64. The number of amides is 1. The van der Waals surface area contributed by atoms with E-state index in [-0.39, 0.29) is 18.3 Å². The maximum atomic E-state index is 12.5. The van der Waals surface area contributed by atoms with Crippen LogP contribution in [0.25, 0.3) is 0 Å². The van der Waals surface area contributed by atoms with E-state index in [2.05, 4.69) is 22.9 Å². The molecule has 0 bridgehead atoms. The molecule has 2 N–H and O–H groups in total. The van der Waals surface area contributed by atoms with Crippen molar-refractivity contribution in [1.82, 2.24) is 4.90 Å². The van der Waals surface area contributed by atoms with Crippen molar-refractivity contribution in [3.05, 3.63) is 34.3 Å². The van der Waals surface area contributed by atoms with Gasteiger partial charge in [-0.2, -0.15) is 0 Å². The molecular weight excluding hydrogens is 328 g/mol. The molecule has 0 saturated carbocycles. The summed E-state index contributed by atoms with van der Waals surface area (Å²) in [6.07, 6.45) is 1.07. The van der Waals surface area contributed by atoms with Crippen molar-refractivity contribution in [2.45, 2.75) is 25.8 Å². The average Bonchev–Trinajstić information content (AvgIpc) is 2.75. The van der Waals surface area contributed by atoms with Crippen molar-refractivity contribution in [3.8, 4) is 0 Å². The van der Waals surface area contributed by atoms with Crippen LogP contribution in [0.2, 0.25) is 0 Å². The van der Waals surface area contributed by atoms with Crippen LogP contribution in [0.4, 0.5) is 0 Å². The molecule has 1 aromatic carbocycles. The lowest BCUT2D eigenvalue weighted by molar-refractivity contribution is -0.135. The third-order valence-corrected chi connectivity index (χ3v) is 4.13. The van der Waals surface area contributed by atoms with Gasteiger partial charge in [0.15, 0.2) is 0 Å². The predicted molar refractivity (Wildman–Crippen MR) is 83.3 cm³/mol. The summed E-state index contributed by atoms with van der Waals surface area (Å²) in [5, 5.41) is 0. The average molecular weight is 348 g/mol. The van der Waals surface area contributed by atoms with E-state index in [9.17, 15) is 4.79 Å². The molecular formula is C14H20BrClN2O. The van der Waals surface area contributed by atoms with Crippen LogP contribution in [0.5, 0.6) is 0 Å². The molecule has 1 aliphatic rings. The highest BCUT2D eigenvalue weighted by Crippen LogP contribution is 2.25. The zero-order chi connectivity index (χ0) is 13.3.